The van der Waals surface area contributed by atoms with Crippen molar-refractivity contribution < 1.29 is 9.53 Å². The van der Waals surface area contributed by atoms with Crippen molar-refractivity contribution in [2.75, 3.05) is 37.0 Å². The van der Waals surface area contributed by atoms with E-state index in [1.807, 2.05) is 12.1 Å². The molecule has 2 aliphatic rings. The van der Waals surface area contributed by atoms with E-state index in [1.165, 1.54) is 17.4 Å². The first-order chi connectivity index (χ1) is 10.3. The summed E-state index contributed by atoms with van der Waals surface area (Å²) < 4.78 is 5.34. The van der Waals surface area contributed by atoms with E-state index in [2.05, 4.69) is 32.6 Å². The van der Waals surface area contributed by atoms with Gasteiger partial charge in [0.2, 0.25) is 5.91 Å². The third-order valence-electron chi connectivity index (χ3n) is 3.21. The summed E-state index contributed by atoms with van der Waals surface area (Å²) >= 11 is 1.36. The van der Waals surface area contributed by atoms with Crippen LogP contribution in [0.4, 0.5) is 5.69 Å². The van der Waals surface area contributed by atoms with Crippen LogP contribution in [0.3, 0.4) is 0 Å². The lowest BCUT2D eigenvalue weighted by Crippen LogP contribution is -2.36. The molecule has 1 N–H and O–H groups in total. The molecule has 0 saturated carbocycles. The maximum atomic E-state index is 11.0. The predicted octanol–water partition coefficient (Wildman–Crippen LogP) is 1.08. The molecule has 0 radical (unpaired) electrons. The second-order valence-corrected chi connectivity index (χ2v) is 5.64. The summed E-state index contributed by atoms with van der Waals surface area (Å²) in [4.78, 5) is 13.3. The number of benzene rings is 1. The Morgan fingerprint density at radius 2 is 2.00 bits per heavy atom. The summed E-state index contributed by atoms with van der Waals surface area (Å²) in [7, 11) is 0. The molecule has 0 atom stereocenters. The number of morpholine rings is 1. The fraction of sp³-hybridized carbons (Fsp3) is 0.357. The molecule has 2 saturated heterocycles. The van der Waals surface area contributed by atoms with Crippen LogP contribution in [0.25, 0.3) is 0 Å². The number of anilines is 1. The Morgan fingerprint density at radius 3 is 2.67 bits per heavy atom. The van der Waals surface area contributed by atoms with Crippen molar-refractivity contribution in [3.8, 4) is 0 Å². The average molecular weight is 304 g/mol. The normalized spacial score (nSPS) is 21.2. The number of nitrogens with one attached hydrogen (secondary N) is 1. The molecule has 0 unspecified atom stereocenters. The van der Waals surface area contributed by atoms with E-state index in [1.54, 1.807) is 6.21 Å². The zero-order valence-corrected chi connectivity index (χ0v) is 12.3. The highest BCUT2D eigenvalue weighted by Crippen LogP contribution is 2.16. The van der Waals surface area contributed by atoms with Gasteiger partial charge in [-0.25, -0.2) is 0 Å². The van der Waals surface area contributed by atoms with Gasteiger partial charge in [-0.2, -0.15) is 5.10 Å². The van der Waals surface area contributed by atoms with Crippen molar-refractivity contribution in [2.45, 2.75) is 0 Å². The van der Waals surface area contributed by atoms with Gasteiger partial charge < -0.3 is 15.0 Å². The highest BCUT2D eigenvalue weighted by atomic mass is 32.2. The Hall–Kier alpha value is -1.86. The van der Waals surface area contributed by atoms with E-state index in [0.717, 1.165) is 31.9 Å². The minimum Gasteiger partial charge on any atom is -0.378 e. The summed E-state index contributed by atoms with van der Waals surface area (Å²) in [6.45, 7) is 3.42. The SMILES string of the molecule is O=C1CSC(=NN=Cc2ccc(N3CCOCC3)cc2)N1. The van der Waals surface area contributed by atoms with E-state index in [-0.39, 0.29) is 5.91 Å². The van der Waals surface area contributed by atoms with Gasteiger partial charge in [-0.05, 0) is 17.7 Å². The molecule has 3 rings (SSSR count). The van der Waals surface area contributed by atoms with Crippen LogP contribution in [0.5, 0.6) is 0 Å². The van der Waals surface area contributed by atoms with E-state index in [4.69, 9.17) is 4.74 Å². The molecule has 2 aliphatic heterocycles. The van der Waals surface area contributed by atoms with Gasteiger partial charge in [-0.15, -0.1) is 5.10 Å². The monoisotopic (exact) mass is 304 g/mol. The zero-order valence-electron chi connectivity index (χ0n) is 11.5. The number of ether oxygens (including phenoxy) is 1. The number of hydrogen-bond acceptors (Lipinski definition) is 6. The van der Waals surface area contributed by atoms with E-state index >= 15 is 0 Å². The number of hydrogen-bond donors (Lipinski definition) is 1. The Bertz CT molecular complexity index is 565. The Balaban J connectivity index is 1.60. The summed E-state index contributed by atoms with van der Waals surface area (Å²) in [5.41, 5.74) is 2.17. The number of amides is 1. The molecular formula is C14H16N4O2S. The second-order valence-electron chi connectivity index (χ2n) is 4.68. The topological polar surface area (TPSA) is 66.3 Å². The first-order valence-electron chi connectivity index (χ1n) is 6.78. The van der Waals surface area contributed by atoms with Gasteiger partial charge in [0.1, 0.15) is 0 Å². The minimum atomic E-state index is -0.0242. The molecular weight excluding hydrogens is 288 g/mol. The molecule has 1 aromatic rings. The van der Waals surface area contributed by atoms with Crippen LogP contribution in [0, 0.1) is 0 Å². The third kappa shape index (κ3) is 3.83. The molecule has 7 heteroatoms. The number of thioether (sulfide) groups is 1. The maximum absolute atomic E-state index is 11.0. The van der Waals surface area contributed by atoms with Gasteiger partial charge in [-0.3, -0.25) is 4.79 Å². The summed E-state index contributed by atoms with van der Waals surface area (Å²) in [6, 6.07) is 8.17. The molecule has 6 nitrogen and oxygen atoms in total. The van der Waals surface area contributed by atoms with Crippen molar-refractivity contribution in [2.24, 2.45) is 10.2 Å². The lowest BCUT2D eigenvalue weighted by molar-refractivity contribution is -0.116. The molecule has 0 spiro atoms. The quantitative estimate of drug-likeness (QED) is 0.670. The number of rotatable bonds is 3. The van der Waals surface area contributed by atoms with Gasteiger partial charge in [0.25, 0.3) is 0 Å². The highest BCUT2D eigenvalue weighted by molar-refractivity contribution is 8.15. The Labute approximate surface area is 127 Å². The first-order valence-corrected chi connectivity index (χ1v) is 7.76. The molecule has 21 heavy (non-hydrogen) atoms. The van der Waals surface area contributed by atoms with E-state index in [9.17, 15) is 4.79 Å². The van der Waals surface area contributed by atoms with E-state index < -0.39 is 0 Å². The molecule has 1 amide bonds. The fourth-order valence-corrected chi connectivity index (χ4v) is 2.75. The van der Waals surface area contributed by atoms with Gasteiger partial charge >= 0.3 is 0 Å². The fourth-order valence-electron chi connectivity index (χ4n) is 2.12. The summed E-state index contributed by atoms with van der Waals surface area (Å²) in [5, 5.41) is 11.2. The zero-order chi connectivity index (χ0) is 14.5. The third-order valence-corrected chi connectivity index (χ3v) is 4.07. The number of carbonyl (C=O) groups is 1. The highest BCUT2D eigenvalue weighted by Gasteiger charge is 2.15. The van der Waals surface area contributed by atoms with Crippen LogP contribution in [-0.2, 0) is 9.53 Å². The predicted molar refractivity (Wildman–Crippen MR) is 85.1 cm³/mol. The molecule has 0 bridgehead atoms. The van der Waals surface area contributed by atoms with Crippen LogP contribution in [0.2, 0.25) is 0 Å². The van der Waals surface area contributed by atoms with Crippen LogP contribution in [0.15, 0.2) is 34.5 Å². The standard InChI is InChI=1S/C14H16N4O2S/c19-13-10-21-14(16-13)17-15-9-11-1-3-12(4-2-11)18-5-7-20-8-6-18/h1-4,9H,5-8,10H2,(H,16,17,19). The van der Waals surface area contributed by atoms with Crippen LogP contribution < -0.4 is 10.2 Å². The first kappa shape index (κ1) is 14.1. The minimum absolute atomic E-state index is 0.0242. The maximum Gasteiger partial charge on any atom is 0.236 e. The molecule has 0 aromatic heterocycles. The molecule has 2 fully saturated rings. The number of nitrogens with zero attached hydrogens (tertiary/aromatic N) is 3. The lowest BCUT2D eigenvalue weighted by atomic mass is 10.2. The Kier molecular flexibility index (Phi) is 4.52. The van der Waals surface area contributed by atoms with Crippen molar-refractivity contribution in [1.82, 2.24) is 5.32 Å². The largest absolute Gasteiger partial charge is 0.378 e. The second kappa shape index (κ2) is 6.73. The average Bonchev–Trinajstić information content (AvgIpc) is 2.94. The van der Waals surface area contributed by atoms with Gasteiger partial charge in [0.15, 0.2) is 5.17 Å². The van der Waals surface area contributed by atoms with Crippen molar-refractivity contribution in [1.29, 1.82) is 0 Å². The van der Waals surface area contributed by atoms with Crippen molar-refractivity contribution in [3.63, 3.8) is 0 Å². The van der Waals surface area contributed by atoms with Gasteiger partial charge in [0, 0.05) is 18.8 Å². The molecule has 1 aromatic carbocycles. The number of carbonyl (C=O) groups excluding carboxylic acids is 1. The molecule has 0 aliphatic carbocycles. The van der Waals surface area contributed by atoms with Crippen LogP contribution in [-0.4, -0.2) is 49.3 Å². The van der Waals surface area contributed by atoms with Crippen molar-refractivity contribution in [3.05, 3.63) is 29.8 Å². The summed E-state index contributed by atoms with van der Waals surface area (Å²) in [5.74, 6) is 0.395. The van der Waals surface area contributed by atoms with Crippen LogP contribution >= 0.6 is 11.8 Å². The Morgan fingerprint density at radius 1 is 1.24 bits per heavy atom. The van der Waals surface area contributed by atoms with E-state index in [0.29, 0.717) is 10.9 Å². The van der Waals surface area contributed by atoms with Crippen LogP contribution in [0.1, 0.15) is 5.56 Å². The smallest absolute Gasteiger partial charge is 0.236 e. The van der Waals surface area contributed by atoms with Gasteiger partial charge in [-0.1, -0.05) is 23.9 Å². The van der Waals surface area contributed by atoms with Crippen molar-refractivity contribution >= 4 is 34.7 Å². The lowest BCUT2D eigenvalue weighted by Gasteiger charge is -2.28. The summed E-state index contributed by atoms with van der Waals surface area (Å²) in [6.07, 6.45) is 1.68. The number of amidine groups is 1. The molecule has 2 heterocycles. The molecule has 110 valence electrons. The van der Waals surface area contributed by atoms with Gasteiger partial charge in [0.05, 0.1) is 25.2 Å².